The van der Waals surface area contributed by atoms with Crippen LogP contribution in [0.4, 0.5) is 18.9 Å². The molecule has 1 unspecified atom stereocenters. The van der Waals surface area contributed by atoms with Gasteiger partial charge in [0.1, 0.15) is 0 Å². The minimum Gasteiger partial charge on any atom is -0.383 e. The Morgan fingerprint density at radius 2 is 2.00 bits per heavy atom. The van der Waals surface area contributed by atoms with Crippen molar-refractivity contribution in [2.24, 2.45) is 0 Å². The van der Waals surface area contributed by atoms with Crippen LogP contribution in [-0.2, 0) is 10.9 Å². The van der Waals surface area contributed by atoms with Crippen LogP contribution in [0.15, 0.2) is 18.2 Å². The molecule has 5 heteroatoms. The molecule has 0 aliphatic heterocycles. The minimum absolute atomic E-state index is 0.0396. The summed E-state index contributed by atoms with van der Waals surface area (Å²) in [5, 5.41) is 3.00. The Hall–Kier alpha value is -1.23. The predicted molar refractivity (Wildman–Crippen MR) is 61.1 cm³/mol. The van der Waals surface area contributed by atoms with E-state index in [9.17, 15) is 13.2 Å². The molecule has 0 heterocycles. The SMILES string of the molecule is COCC(C)Nc1cc(C(F)(F)F)ccc1C. The average molecular weight is 247 g/mol. The van der Waals surface area contributed by atoms with Crippen LogP contribution < -0.4 is 5.32 Å². The summed E-state index contributed by atoms with van der Waals surface area (Å²) < 4.78 is 42.5. The number of aryl methyl sites for hydroxylation is 1. The topological polar surface area (TPSA) is 21.3 Å². The summed E-state index contributed by atoms with van der Waals surface area (Å²) >= 11 is 0. The van der Waals surface area contributed by atoms with Crippen molar-refractivity contribution in [1.82, 2.24) is 0 Å². The molecule has 0 aliphatic carbocycles. The number of anilines is 1. The maximum Gasteiger partial charge on any atom is 0.416 e. The third kappa shape index (κ3) is 3.93. The quantitative estimate of drug-likeness (QED) is 0.879. The molecule has 1 aromatic carbocycles. The Morgan fingerprint density at radius 3 is 2.53 bits per heavy atom. The van der Waals surface area contributed by atoms with Gasteiger partial charge in [0.15, 0.2) is 0 Å². The number of nitrogens with one attached hydrogen (secondary N) is 1. The van der Waals surface area contributed by atoms with Gasteiger partial charge in [0.2, 0.25) is 0 Å². The zero-order chi connectivity index (χ0) is 13.1. The van der Waals surface area contributed by atoms with Crippen LogP contribution in [0.5, 0.6) is 0 Å². The van der Waals surface area contributed by atoms with E-state index in [0.29, 0.717) is 12.3 Å². The lowest BCUT2D eigenvalue weighted by Crippen LogP contribution is -2.21. The van der Waals surface area contributed by atoms with Gasteiger partial charge in [0.05, 0.1) is 12.2 Å². The zero-order valence-electron chi connectivity index (χ0n) is 10.1. The van der Waals surface area contributed by atoms with Gasteiger partial charge >= 0.3 is 6.18 Å². The van der Waals surface area contributed by atoms with Gasteiger partial charge in [-0.2, -0.15) is 13.2 Å². The van der Waals surface area contributed by atoms with E-state index in [1.807, 2.05) is 6.92 Å². The summed E-state index contributed by atoms with van der Waals surface area (Å²) in [5.41, 5.74) is 0.626. The number of rotatable bonds is 4. The lowest BCUT2D eigenvalue weighted by molar-refractivity contribution is -0.137. The largest absolute Gasteiger partial charge is 0.416 e. The fraction of sp³-hybridized carbons (Fsp3) is 0.500. The molecule has 0 amide bonds. The predicted octanol–water partition coefficient (Wildman–Crippen LogP) is 3.46. The molecule has 0 aromatic heterocycles. The van der Waals surface area contributed by atoms with Gasteiger partial charge in [-0.25, -0.2) is 0 Å². The van der Waals surface area contributed by atoms with Gasteiger partial charge < -0.3 is 10.1 Å². The van der Waals surface area contributed by atoms with Gasteiger partial charge in [-0.15, -0.1) is 0 Å². The highest BCUT2D eigenvalue weighted by molar-refractivity contribution is 5.53. The molecular formula is C12H16F3NO. The highest BCUT2D eigenvalue weighted by atomic mass is 19.4. The van der Waals surface area contributed by atoms with Gasteiger partial charge in [-0.1, -0.05) is 6.07 Å². The molecule has 0 saturated heterocycles. The van der Waals surface area contributed by atoms with Crippen LogP contribution in [-0.4, -0.2) is 19.8 Å². The number of hydrogen-bond acceptors (Lipinski definition) is 2. The molecule has 1 aromatic rings. The first-order chi connectivity index (χ1) is 7.84. The van der Waals surface area contributed by atoms with Gasteiger partial charge in [0.25, 0.3) is 0 Å². The van der Waals surface area contributed by atoms with Gasteiger partial charge in [-0.05, 0) is 31.5 Å². The maximum absolute atomic E-state index is 12.5. The molecule has 0 radical (unpaired) electrons. The van der Waals surface area contributed by atoms with Crippen molar-refractivity contribution in [3.63, 3.8) is 0 Å². The summed E-state index contributed by atoms with van der Waals surface area (Å²) in [4.78, 5) is 0. The Bertz CT molecular complexity index is 377. The minimum atomic E-state index is -4.31. The molecule has 17 heavy (non-hydrogen) atoms. The third-order valence-electron chi connectivity index (χ3n) is 2.38. The normalized spacial score (nSPS) is 13.5. The number of methoxy groups -OCH3 is 1. The molecule has 1 rings (SSSR count). The molecule has 96 valence electrons. The average Bonchev–Trinajstić information content (AvgIpc) is 2.20. The van der Waals surface area contributed by atoms with E-state index in [2.05, 4.69) is 5.32 Å². The first-order valence-electron chi connectivity index (χ1n) is 5.28. The highest BCUT2D eigenvalue weighted by Gasteiger charge is 2.30. The van der Waals surface area contributed by atoms with Crippen LogP contribution >= 0.6 is 0 Å². The first-order valence-corrected chi connectivity index (χ1v) is 5.28. The Kier molecular flexibility index (Phi) is 4.40. The molecule has 2 nitrogen and oxygen atoms in total. The molecule has 0 saturated carbocycles. The second-order valence-electron chi connectivity index (χ2n) is 4.03. The first kappa shape index (κ1) is 13.8. The maximum atomic E-state index is 12.5. The molecule has 0 aliphatic rings. The standard InChI is InChI=1S/C12H16F3NO/c1-8-4-5-10(12(13,14)15)6-11(8)16-9(2)7-17-3/h4-6,9,16H,7H2,1-3H3. The lowest BCUT2D eigenvalue weighted by atomic mass is 10.1. The third-order valence-corrected chi connectivity index (χ3v) is 2.38. The van der Waals surface area contributed by atoms with Crippen LogP contribution in [0, 0.1) is 6.92 Å². The summed E-state index contributed by atoms with van der Waals surface area (Å²) in [7, 11) is 1.55. The molecule has 1 atom stereocenters. The second-order valence-corrected chi connectivity index (χ2v) is 4.03. The van der Waals surface area contributed by atoms with Crippen molar-refractivity contribution in [2.45, 2.75) is 26.1 Å². The van der Waals surface area contributed by atoms with Gasteiger partial charge in [0, 0.05) is 18.8 Å². The van der Waals surface area contributed by atoms with E-state index >= 15 is 0 Å². The molecular weight excluding hydrogens is 231 g/mol. The van der Waals surface area contributed by atoms with Crippen molar-refractivity contribution in [3.05, 3.63) is 29.3 Å². The number of alkyl halides is 3. The monoisotopic (exact) mass is 247 g/mol. The van der Waals surface area contributed by atoms with Gasteiger partial charge in [-0.3, -0.25) is 0 Å². The zero-order valence-corrected chi connectivity index (χ0v) is 10.1. The number of hydrogen-bond donors (Lipinski definition) is 1. The van der Waals surface area contributed by atoms with Crippen molar-refractivity contribution < 1.29 is 17.9 Å². The van der Waals surface area contributed by atoms with E-state index in [-0.39, 0.29) is 6.04 Å². The van der Waals surface area contributed by atoms with E-state index < -0.39 is 11.7 Å². The summed E-state index contributed by atoms with van der Waals surface area (Å²) in [6, 6.07) is 3.63. The Labute approximate surface area is 98.8 Å². The fourth-order valence-corrected chi connectivity index (χ4v) is 1.51. The summed E-state index contributed by atoms with van der Waals surface area (Å²) in [6.45, 7) is 4.06. The molecule has 0 spiro atoms. The number of halogens is 3. The smallest absolute Gasteiger partial charge is 0.383 e. The summed E-state index contributed by atoms with van der Waals surface area (Å²) in [6.07, 6.45) is -4.31. The molecule has 0 fully saturated rings. The van der Waals surface area contributed by atoms with Crippen LogP contribution in [0.2, 0.25) is 0 Å². The second kappa shape index (κ2) is 5.40. The number of ether oxygens (including phenoxy) is 1. The Morgan fingerprint density at radius 1 is 1.35 bits per heavy atom. The van der Waals surface area contributed by atoms with E-state index in [0.717, 1.165) is 17.7 Å². The molecule has 0 bridgehead atoms. The summed E-state index contributed by atoms with van der Waals surface area (Å²) in [5.74, 6) is 0. The highest BCUT2D eigenvalue weighted by Crippen LogP contribution is 2.32. The Balaban J connectivity index is 2.91. The molecule has 1 N–H and O–H groups in total. The van der Waals surface area contributed by atoms with Crippen molar-refractivity contribution in [3.8, 4) is 0 Å². The van der Waals surface area contributed by atoms with E-state index in [1.54, 1.807) is 14.0 Å². The van der Waals surface area contributed by atoms with E-state index in [4.69, 9.17) is 4.74 Å². The van der Waals surface area contributed by atoms with E-state index in [1.165, 1.54) is 6.07 Å². The van der Waals surface area contributed by atoms with Crippen molar-refractivity contribution in [2.75, 3.05) is 19.0 Å². The fourth-order valence-electron chi connectivity index (χ4n) is 1.51. The van der Waals surface area contributed by atoms with Crippen molar-refractivity contribution >= 4 is 5.69 Å². The van der Waals surface area contributed by atoms with Crippen LogP contribution in [0.3, 0.4) is 0 Å². The van der Waals surface area contributed by atoms with Crippen LogP contribution in [0.1, 0.15) is 18.1 Å². The number of benzene rings is 1. The van der Waals surface area contributed by atoms with Crippen LogP contribution in [0.25, 0.3) is 0 Å². The lowest BCUT2D eigenvalue weighted by Gasteiger charge is -2.17. The van der Waals surface area contributed by atoms with Crippen molar-refractivity contribution in [1.29, 1.82) is 0 Å².